The molecule has 1 heterocycles. The zero-order valence-electron chi connectivity index (χ0n) is 8.75. The third-order valence-corrected chi connectivity index (χ3v) is 2.39. The minimum atomic E-state index is -4.37. The lowest BCUT2D eigenvalue weighted by Gasteiger charge is -2.17. The molecule has 4 nitrogen and oxygen atoms in total. The van der Waals surface area contributed by atoms with Crippen LogP contribution in [0.2, 0.25) is 0 Å². The van der Waals surface area contributed by atoms with Crippen LogP contribution in [0.25, 0.3) is 0 Å². The van der Waals surface area contributed by atoms with Crippen LogP contribution >= 0.6 is 12.2 Å². The topological polar surface area (TPSA) is 56.7 Å². The molecule has 90 valence electrons. The molecular weight excluding hydrogens is 241 g/mol. The summed E-state index contributed by atoms with van der Waals surface area (Å²) in [6, 6.07) is -1.74. The van der Waals surface area contributed by atoms with Crippen molar-refractivity contribution in [2.75, 3.05) is 0 Å². The number of hydrogen-bond donors (Lipinski definition) is 1. The minimum absolute atomic E-state index is 0.0440. The summed E-state index contributed by atoms with van der Waals surface area (Å²) in [5.41, 5.74) is 5.81. The maximum absolute atomic E-state index is 12.5. The number of alkyl halides is 3. The lowest BCUT2D eigenvalue weighted by Crippen LogP contribution is -2.26. The van der Waals surface area contributed by atoms with Crippen LogP contribution in [-0.4, -0.2) is 26.2 Å². The van der Waals surface area contributed by atoms with Gasteiger partial charge in [-0.15, -0.1) is 5.10 Å². The van der Waals surface area contributed by atoms with Gasteiger partial charge in [0.2, 0.25) is 0 Å². The highest BCUT2D eigenvalue weighted by atomic mass is 32.1. The molecule has 1 atom stereocenters. The molecule has 0 fully saturated rings. The molecule has 8 heteroatoms. The van der Waals surface area contributed by atoms with Gasteiger partial charge in [-0.2, -0.15) is 13.2 Å². The van der Waals surface area contributed by atoms with Crippen LogP contribution < -0.4 is 5.73 Å². The van der Waals surface area contributed by atoms with Crippen molar-refractivity contribution >= 4 is 17.2 Å². The summed E-state index contributed by atoms with van der Waals surface area (Å²) in [5.74, 6) is 0. The maximum Gasteiger partial charge on any atom is 0.410 e. The summed E-state index contributed by atoms with van der Waals surface area (Å²) in [5, 5.41) is 7.02. The first-order chi connectivity index (χ1) is 7.29. The van der Waals surface area contributed by atoms with Crippen LogP contribution in [0, 0.1) is 0 Å². The number of rotatable bonds is 3. The average Bonchev–Trinajstić information content (AvgIpc) is 2.57. The van der Waals surface area contributed by atoms with Gasteiger partial charge in [0.1, 0.15) is 16.7 Å². The Morgan fingerprint density at radius 1 is 1.56 bits per heavy atom. The maximum atomic E-state index is 12.5. The normalized spacial score (nSPS) is 13.8. The van der Waals surface area contributed by atoms with E-state index in [1.807, 2.05) is 0 Å². The second-order valence-electron chi connectivity index (χ2n) is 3.26. The number of thiocarbonyl (C=S) groups is 1. The second kappa shape index (κ2) is 4.36. The molecule has 0 spiro atoms. The Morgan fingerprint density at radius 3 is 2.50 bits per heavy atom. The predicted octanol–water partition coefficient (Wildman–Crippen LogP) is 1.60. The molecule has 1 aromatic rings. The van der Waals surface area contributed by atoms with E-state index in [-0.39, 0.29) is 10.7 Å². The van der Waals surface area contributed by atoms with Crippen molar-refractivity contribution in [2.24, 2.45) is 5.73 Å². The van der Waals surface area contributed by atoms with Crippen molar-refractivity contribution in [3.8, 4) is 0 Å². The van der Waals surface area contributed by atoms with E-state index in [9.17, 15) is 13.2 Å². The smallest absolute Gasteiger partial charge is 0.388 e. The van der Waals surface area contributed by atoms with Crippen LogP contribution in [0.5, 0.6) is 0 Å². The molecule has 16 heavy (non-hydrogen) atoms. The van der Waals surface area contributed by atoms with Crippen LogP contribution in [0.3, 0.4) is 0 Å². The molecule has 0 saturated heterocycles. The first-order valence-electron chi connectivity index (χ1n) is 4.59. The number of aromatic nitrogens is 3. The van der Waals surface area contributed by atoms with Crippen LogP contribution in [0.15, 0.2) is 0 Å². The summed E-state index contributed by atoms with van der Waals surface area (Å²) < 4.78 is 38.3. The molecule has 2 N–H and O–H groups in total. The summed E-state index contributed by atoms with van der Waals surface area (Å²) >= 11 is 4.69. The van der Waals surface area contributed by atoms with Gasteiger partial charge in [-0.25, -0.2) is 4.68 Å². The SMILES string of the molecule is CCc1c(C(N)=S)nnn1C(C)C(F)(F)F. The third-order valence-electron chi connectivity index (χ3n) is 2.20. The van der Waals surface area contributed by atoms with Gasteiger partial charge in [0, 0.05) is 0 Å². The van der Waals surface area contributed by atoms with Gasteiger partial charge in [-0.1, -0.05) is 24.4 Å². The summed E-state index contributed by atoms with van der Waals surface area (Å²) in [6.45, 7) is 2.71. The number of nitrogens with two attached hydrogens (primary N) is 1. The number of nitrogens with zero attached hydrogens (tertiary/aromatic N) is 3. The fraction of sp³-hybridized carbons (Fsp3) is 0.625. The lowest BCUT2D eigenvalue weighted by molar-refractivity contribution is -0.166. The van der Waals surface area contributed by atoms with E-state index in [2.05, 4.69) is 22.5 Å². The lowest BCUT2D eigenvalue weighted by atomic mass is 10.2. The molecule has 0 saturated carbocycles. The molecular formula is C8H11F3N4S. The largest absolute Gasteiger partial charge is 0.410 e. The van der Waals surface area contributed by atoms with Crippen molar-refractivity contribution in [3.63, 3.8) is 0 Å². The molecule has 0 aliphatic rings. The fourth-order valence-electron chi connectivity index (χ4n) is 1.28. The van der Waals surface area contributed by atoms with Crippen molar-refractivity contribution < 1.29 is 13.2 Å². The number of hydrogen-bond acceptors (Lipinski definition) is 3. The van der Waals surface area contributed by atoms with Crippen molar-refractivity contribution in [3.05, 3.63) is 11.4 Å². The highest BCUT2D eigenvalue weighted by molar-refractivity contribution is 7.80. The zero-order chi connectivity index (χ0) is 12.5. The Bertz CT molecular complexity index is 398. The van der Waals surface area contributed by atoms with E-state index < -0.39 is 12.2 Å². The van der Waals surface area contributed by atoms with E-state index >= 15 is 0 Å². The summed E-state index contributed by atoms with van der Waals surface area (Å²) in [4.78, 5) is -0.0440. The molecule has 1 aromatic heterocycles. The highest BCUT2D eigenvalue weighted by Gasteiger charge is 2.39. The Labute approximate surface area is 95.6 Å². The zero-order valence-corrected chi connectivity index (χ0v) is 9.56. The highest BCUT2D eigenvalue weighted by Crippen LogP contribution is 2.30. The molecule has 1 rings (SSSR count). The first-order valence-corrected chi connectivity index (χ1v) is 5.00. The summed E-state index contributed by atoms with van der Waals surface area (Å²) in [7, 11) is 0. The van der Waals surface area contributed by atoms with Gasteiger partial charge in [0.15, 0.2) is 0 Å². The quantitative estimate of drug-likeness (QED) is 0.830. The Hall–Kier alpha value is -1.18. The summed E-state index contributed by atoms with van der Waals surface area (Å²) in [6.07, 6.45) is -4.04. The standard InChI is InChI=1S/C8H11F3N4S/c1-3-5-6(7(12)16)13-14-15(5)4(2)8(9,10)11/h4H,3H2,1-2H3,(H2,12,16). The number of halogens is 3. The molecule has 0 aliphatic carbocycles. The average molecular weight is 252 g/mol. The van der Waals surface area contributed by atoms with Gasteiger partial charge in [0.25, 0.3) is 0 Å². The van der Waals surface area contributed by atoms with Gasteiger partial charge < -0.3 is 5.73 Å². The van der Waals surface area contributed by atoms with Gasteiger partial charge in [0.05, 0.1) is 5.69 Å². The molecule has 0 amide bonds. The monoisotopic (exact) mass is 252 g/mol. The predicted molar refractivity (Wildman–Crippen MR) is 56.1 cm³/mol. The van der Waals surface area contributed by atoms with E-state index in [0.29, 0.717) is 12.1 Å². The van der Waals surface area contributed by atoms with Crippen molar-refractivity contribution in [1.29, 1.82) is 0 Å². The Morgan fingerprint density at radius 2 is 2.12 bits per heavy atom. The third kappa shape index (κ3) is 2.31. The van der Waals surface area contributed by atoms with Crippen LogP contribution in [-0.2, 0) is 6.42 Å². The minimum Gasteiger partial charge on any atom is -0.388 e. The fourth-order valence-corrected chi connectivity index (χ4v) is 1.44. The van der Waals surface area contributed by atoms with E-state index in [0.717, 1.165) is 11.6 Å². The second-order valence-corrected chi connectivity index (χ2v) is 3.70. The molecule has 1 unspecified atom stereocenters. The molecule has 0 radical (unpaired) electrons. The Kier molecular flexibility index (Phi) is 3.51. The van der Waals surface area contributed by atoms with E-state index in [4.69, 9.17) is 5.73 Å². The van der Waals surface area contributed by atoms with Crippen LogP contribution in [0.4, 0.5) is 13.2 Å². The molecule has 0 aliphatic heterocycles. The first kappa shape index (κ1) is 12.9. The van der Waals surface area contributed by atoms with Gasteiger partial charge in [-0.3, -0.25) is 0 Å². The molecule has 0 bridgehead atoms. The van der Waals surface area contributed by atoms with Crippen molar-refractivity contribution in [1.82, 2.24) is 15.0 Å². The van der Waals surface area contributed by atoms with E-state index in [1.165, 1.54) is 0 Å². The van der Waals surface area contributed by atoms with Gasteiger partial charge in [-0.05, 0) is 13.3 Å². The van der Waals surface area contributed by atoms with Gasteiger partial charge >= 0.3 is 6.18 Å². The Balaban J connectivity index is 3.20. The van der Waals surface area contributed by atoms with Crippen molar-refractivity contribution in [2.45, 2.75) is 32.5 Å². The van der Waals surface area contributed by atoms with Crippen LogP contribution in [0.1, 0.15) is 31.3 Å². The molecule has 0 aromatic carbocycles. The van der Waals surface area contributed by atoms with E-state index in [1.54, 1.807) is 6.92 Å².